The molecule has 0 spiro atoms. The molecule has 7 heteroatoms. The number of rotatable bonds is 2. The normalized spacial score (nSPS) is 10.8. The molecule has 2 aromatic heterocycles. The summed E-state index contributed by atoms with van der Waals surface area (Å²) in [5.41, 5.74) is 0. The second-order valence-electron chi connectivity index (χ2n) is 4.17. The number of thiophene rings is 1. The number of carbonyl (C=O) groups is 1. The molecular weight excluding hydrogens is 334 g/mol. The lowest BCUT2D eigenvalue weighted by atomic mass is 10.2. The first-order valence-electron chi connectivity index (χ1n) is 5.85. The summed E-state index contributed by atoms with van der Waals surface area (Å²) in [7, 11) is 0. The molecule has 21 heavy (non-hydrogen) atoms. The molecule has 106 valence electrons. The molecule has 0 saturated carbocycles. The van der Waals surface area contributed by atoms with Crippen LogP contribution in [0.1, 0.15) is 9.67 Å². The van der Waals surface area contributed by atoms with Crippen molar-refractivity contribution in [3.63, 3.8) is 0 Å². The minimum absolute atomic E-state index is 0.111. The minimum Gasteiger partial charge on any atom is -0.306 e. The lowest BCUT2D eigenvalue weighted by Gasteiger charge is -2.02. The second kappa shape index (κ2) is 5.60. The van der Waals surface area contributed by atoms with Crippen LogP contribution >= 0.6 is 34.5 Å². The van der Waals surface area contributed by atoms with Crippen LogP contribution in [-0.2, 0) is 0 Å². The number of nitrogens with one attached hydrogen (secondary N) is 1. The van der Waals surface area contributed by atoms with Gasteiger partial charge in [0.05, 0.1) is 10.0 Å². The summed E-state index contributed by atoms with van der Waals surface area (Å²) in [4.78, 5) is 16.4. The Kier molecular flexibility index (Phi) is 3.80. The van der Waals surface area contributed by atoms with Gasteiger partial charge in [0.1, 0.15) is 16.5 Å². The number of fused-ring (bicyclic) bond motifs is 1. The van der Waals surface area contributed by atoms with E-state index in [1.54, 1.807) is 24.3 Å². The zero-order valence-corrected chi connectivity index (χ0v) is 12.7. The van der Waals surface area contributed by atoms with Gasteiger partial charge in [0.15, 0.2) is 0 Å². The van der Waals surface area contributed by atoms with Crippen molar-refractivity contribution in [1.82, 2.24) is 4.98 Å². The van der Waals surface area contributed by atoms with Crippen LogP contribution < -0.4 is 5.32 Å². The summed E-state index contributed by atoms with van der Waals surface area (Å²) in [6.07, 6.45) is 1.42. The molecule has 0 aliphatic carbocycles. The Balaban J connectivity index is 1.96. The van der Waals surface area contributed by atoms with Gasteiger partial charge in [-0.1, -0.05) is 29.3 Å². The highest BCUT2D eigenvalue weighted by Crippen LogP contribution is 2.37. The van der Waals surface area contributed by atoms with Gasteiger partial charge in [-0.05, 0) is 24.3 Å². The molecule has 1 N–H and O–H groups in total. The largest absolute Gasteiger partial charge is 0.306 e. The van der Waals surface area contributed by atoms with E-state index < -0.39 is 11.7 Å². The van der Waals surface area contributed by atoms with Crippen LogP contribution in [-0.4, -0.2) is 10.9 Å². The van der Waals surface area contributed by atoms with Crippen LogP contribution in [0.4, 0.5) is 10.2 Å². The van der Waals surface area contributed by atoms with Crippen molar-refractivity contribution >= 4 is 56.3 Å². The number of halogens is 3. The summed E-state index contributed by atoms with van der Waals surface area (Å²) >= 11 is 13.0. The van der Waals surface area contributed by atoms with E-state index in [1.807, 2.05) is 0 Å². The van der Waals surface area contributed by atoms with Gasteiger partial charge in [-0.3, -0.25) is 4.79 Å². The average molecular weight is 341 g/mol. The summed E-state index contributed by atoms with van der Waals surface area (Å²) in [6.45, 7) is 0. The molecular formula is C14H7Cl2FN2OS. The molecule has 0 aliphatic heterocycles. The molecule has 0 unspecified atom stereocenters. The number of hydrogen-bond donors (Lipinski definition) is 1. The second-order valence-corrected chi connectivity index (χ2v) is 6.04. The first kappa shape index (κ1) is 14.3. The Labute approximate surface area is 133 Å². The van der Waals surface area contributed by atoms with Crippen molar-refractivity contribution in [2.75, 3.05) is 5.32 Å². The number of benzene rings is 1. The van der Waals surface area contributed by atoms with Gasteiger partial charge in [0, 0.05) is 16.3 Å². The zero-order valence-electron chi connectivity index (χ0n) is 10.4. The number of anilines is 1. The predicted octanol–water partition coefficient (Wildman–Crippen LogP) is 4.99. The van der Waals surface area contributed by atoms with E-state index >= 15 is 0 Å². The molecule has 0 saturated heterocycles. The van der Waals surface area contributed by atoms with Crippen molar-refractivity contribution in [3.05, 3.63) is 57.3 Å². The van der Waals surface area contributed by atoms with Gasteiger partial charge in [-0.2, -0.15) is 0 Å². The van der Waals surface area contributed by atoms with Crippen molar-refractivity contribution < 1.29 is 9.18 Å². The zero-order chi connectivity index (χ0) is 15.0. The van der Waals surface area contributed by atoms with Crippen molar-refractivity contribution in [2.45, 2.75) is 0 Å². The minimum atomic E-state index is -0.447. The van der Waals surface area contributed by atoms with Crippen LogP contribution in [0.25, 0.3) is 10.1 Å². The molecule has 1 amide bonds. The first-order valence-corrected chi connectivity index (χ1v) is 7.43. The van der Waals surface area contributed by atoms with Crippen molar-refractivity contribution in [2.24, 2.45) is 0 Å². The van der Waals surface area contributed by atoms with E-state index in [4.69, 9.17) is 23.2 Å². The number of pyridine rings is 1. The van der Waals surface area contributed by atoms with Gasteiger partial charge in [-0.25, -0.2) is 9.37 Å². The number of hydrogen-bond acceptors (Lipinski definition) is 3. The molecule has 0 fully saturated rings. The van der Waals surface area contributed by atoms with Crippen molar-refractivity contribution in [3.8, 4) is 0 Å². The molecule has 0 bridgehead atoms. The quantitative estimate of drug-likeness (QED) is 0.713. The van der Waals surface area contributed by atoms with Crippen molar-refractivity contribution in [1.29, 1.82) is 0 Å². The van der Waals surface area contributed by atoms with Gasteiger partial charge in [0.25, 0.3) is 5.91 Å². The molecule has 0 aliphatic rings. The smallest absolute Gasteiger partial charge is 0.268 e. The van der Waals surface area contributed by atoms with Crippen LogP contribution in [0.5, 0.6) is 0 Å². The van der Waals surface area contributed by atoms with Gasteiger partial charge in [0.2, 0.25) is 0 Å². The van der Waals surface area contributed by atoms with E-state index in [0.717, 1.165) is 11.3 Å². The maximum Gasteiger partial charge on any atom is 0.268 e. The predicted molar refractivity (Wildman–Crippen MR) is 84.0 cm³/mol. The number of carbonyl (C=O) groups excluding carboxylic acids is 1. The van der Waals surface area contributed by atoms with Crippen LogP contribution in [0.15, 0.2) is 36.5 Å². The SMILES string of the molecule is O=C(Nc1ccc(Cl)cn1)c1sc2cccc(F)c2c1Cl. The molecule has 0 radical (unpaired) electrons. The highest BCUT2D eigenvalue weighted by molar-refractivity contribution is 7.21. The summed E-state index contributed by atoms with van der Waals surface area (Å²) in [5.74, 6) is -0.536. The molecule has 3 rings (SSSR count). The van der Waals surface area contributed by atoms with E-state index in [-0.39, 0.29) is 15.3 Å². The lowest BCUT2D eigenvalue weighted by molar-refractivity contribution is 0.103. The topological polar surface area (TPSA) is 42.0 Å². The molecule has 1 aromatic carbocycles. The fourth-order valence-corrected chi connectivity index (χ4v) is 3.40. The fraction of sp³-hybridized carbons (Fsp3) is 0. The highest BCUT2D eigenvalue weighted by atomic mass is 35.5. The first-order chi connectivity index (χ1) is 10.1. The third kappa shape index (κ3) is 2.72. The Morgan fingerprint density at radius 2 is 2.05 bits per heavy atom. The van der Waals surface area contributed by atoms with E-state index in [1.165, 1.54) is 12.3 Å². The van der Waals surface area contributed by atoms with E-state index in [0.29, 0.717) is 15.5 Å². The third-order valence-corrected chi connectivity index (χ3v) is 4.65. The summed E-state index contributed by atoms with van der Waals surface area (Å²) in [5, 5.41) is 3.44. The number of amides is 1. The molecule has 2 heterocycles. The van der Waals surface area contributed by atoms with Crippen LogP contribution in [0.3, 0.4) is 0 Å². The van der Waals surface area contributed by atoms with Crippen LogP contribution in [0.2, 0.25) is 10.0 Å². The maximum atomic E-state index is 13.8. The Bertz CT molecular complexity index is 833. The van der Waals surface area contributed by atoms with Crippen LogP contribution in [0, 0.1) is 5.82 Å². The monoisotopic (exact) mass is 340 g/mol. The standard InChI is InChI=1S/C14H7Cl2FN2OS/c15-7-4-5-10(18-6-7)19-14(20)13-12(16)11-8(17)2-1-3-9(11)21-13/h1-6H,(H,18,19,20). The van der Waals surface area contributed by atoms with E-state index in [9.17, 15) is 9.18 Å². The average Bonchev–Trinajstić information content (AvgIpc) is 2.80. The number of aromatic nitrogens is 1. The van der Waals surface area contributed by atoms with Gasteiger partial charge >= 0.3 is 0 Å². The summed E-state index contributed by atoms with van der Waals surface area (Å²) < 4.78 is 14.4. The van der Waals surface area contributed by atoms with E-state index in [2.05, 4.69) is 10.3 Å². The maximum absolute atomic E-state index is 13.8. The molecule has 3 nitrogen and oxygen atoms in total. The van der Waals surface area contributed by atoms with Gasteiger partial charge < -0.3 is 5.32 Å². The summed E-state index contributed by atoms with van der Waals surface area (Å²) in [6, 6.07) is 7.78. The third-order valence-electron chi connectivity index (χ3n) is 2.78. The Morgan fingerprint density at radius 1 is 1.24 bits per heavy atom. The number of nitrogens with zero attached hydrogens (tertiary/aromatic N) is 1. The molecule has 3 aromatic rings. The lowest BCUT2D eigenvalue weighted by Crippen LogP contribution is -2.11. The fourth-order valence-electron chi connectivity index (χ4n) is 1.84. The highest BCUT2D eigenvalue weighted by Gasteiger charge is 2.19. The Hall–Kier alpha value is -1.69. The Morgan fingerprint density at radius 3 is 2.71 bits per heavy atom. The molecule has 0 atom stereocenters. The van der Waals surface area contributed by atoms with Gasteiger partial charge in [-0.15, -0.1) is 11.3 Å².